The van der Waals surface area contributed by atoms with E-state index in [-0.39, 0.29) is 5.91 Å². The summed E-state index contributed by atoms with van der Waals surface area (Å²) in [5, 5.41) is 2.87. The SMILES string of the molecule is CC(CN)CSCCC(=O)Nc1ccccc1. The maximum Gasteiger partial charge on any atom is 0.225 e. The summed E-state index contributed by atoms with van der Waals surface area (Å²) < 4.78 is 0. The Balaban J connectivity index is 2.14. The summed E-state index contributed by atoms with van der Waals surface area (Å²) in [5.74, 6) is 2.47. The Labute approximate surface area is 107 Å². The van der Waals surface area contributed by atoms with E-state index in [4.69, 9.17) is 5.73 Å². The van der Waals surface area contributed by atoms with Crippen molar-refractivity contribution in [2.24, 2.45) is 11.7 Å². The fraction of sp³-hybridized carbons (Fsp3) is 0.462. The van der Waals surface area contributed by atoms with Crippen LogP contribution in [0.1, 0.15) is 13.3 Å². The number of nitrogens with two attached hydrogens (primary N) is 1. The zero-order valence-corrected chi connectivity index (χ0v) is 11.0. The fourth-order valence-corrected chi connectivity index (χ4v) is 2.30. The molecule has 0 aliphatic rings. The number of nitrogens with one attached hydrogen (secondary N) is 1. The first-order valence-corrected chi connectivity index (χ1v) is 7.00. The van der Waals surface area contributed by atoms with Crippen molar-refractivity contribution < 1.29 is 4.79 Å². The highest BCUT2D eigenvalue weighted by Gasteiger charge is 2.03. The molecule has 4 heteroatoms. The molecular formula is C13H20N2OS. The van der Waals surface area contributed by atoms with Gasteiger partial charge in [0, 0.05) is 17.9 Å². The quantitative estimate of drug-likeness (QED) is 0.732. The molecule has 0 aliphatic carbocycles. The number of amides is 1. The third-order valence-electron chi connectivity index (χ3n) is 2.34. The monoisotopic (exact) mass is 252 g/mol. The summed E-state index contributed by atoms with van der Waals surface area (Å²) >= 11 is 1.78. The molecule has 1 rings (SSSR count). The molecule has 0 radical (unpaired) electrons. The number of thioether (sulfide) groups is 1. The lowest BCUT2D eigenvalue weighted by atomic mass is 10.2. The number of carbonyl (C=O) groups excluding carboxylic acids is 1. The highest BCUT2D eigenvalue weighted by Crippen LogP contribution is 2.10. The van der Waals surface area contributed by atoms with Crippen LogP contribution in [0.15, 0.2) is 30.3 Å². The first kappa shape index (κ1) is 14.1. The fourth-order valence-electron chi connectivity index (χ4n) is 1.26. The third-order valence-corrected chi connectivity index (χ3v) is 3.63. The molecule has 0 aliphatic heterocycles. The third kappa shape index (κ3) is 6.34. The van der Waals surface area contributed by atoms with Gasteiger partial charge in [-0.3, -0.25) is 4.79 Å². The maximum absolute atomic E-state index is 11.6. The summed E-state index contributed by atoms with van der Waals surface area (Å²) in [4.78, 5) is 11.6. The minimum absolute atomic E-state index is 0.0732. The Morgan fingerprint density at radius 1 is 1.41 bits per heavy atom. The van der Waals surface area contributed by atoms with Gasteiger partial charge in [0.15, 0.2) is 0 Å². The Morgan fingerprint density at radius 3 is 2.76 bits per heavy atom. The molecule has 0 saturated carbocycles. The van der Waals surface area contributed by atoms with Crippen LogP contribution < -0.4 is 11.1 Å². The zero-order chi connectivity index (χ0) is 12.5. The lowest BCUT2D eigenvalue weighted by Crippen LogP contribution is -2.15. The molecule has 0 saturated heterocycles. The van der Waals surface area contributed by atoms with Gasteiger partial charge in [-0.15, -0.1) is 0 Å². The molecule has 1 unspecified atom stereocenters. The first-order chi connectivity index (χ1) is 8.22. The second-order valence-corrected chi connectivity index (χ2v) is 5.23. The van der Waals surface area contributed by atoms with Crippen LogP contribution in [0.25, 0.3) is 0 Å². The van der Waals surface area contributed by atoms with Crippen LogP contribution in [-0.2, 0) is 4.79 Å². The van der Waals surface area contributed by atoms with E-state index in [0.29, 0.717) is 18.9 Å². The average Bonchev–Trinajstić information content (AvgIpc) is 2.35. The summed E-state index contributed by atoms with van der Waals surface area (Å²) in [5.41, 5.74) is 6.38. The van der Waals surface area contributed by atoms with Crippen molar-refractivity contribution in [1.82, 2.24) is 0 Å². The van der Waals surface area contributed by atoms with Gasteiger partial charge in [-0.1, -0.05) is 25.1 Å². The summed E-state index contributed by atoms with van der Waals surface area (Å²) in [7, 11) is 0. The lowest BCUT2D eigenvalue weighted by Gasteiger charge is -2.08. The van der Waals surface area contributed by atoms with E-state index in [1.165, 1.54) is 0 Å². The molecule has 0 spiro atoms. The lowest BCUT2D eigenvalue weighted by molar-refractivity contribution is -0.115. The second kappa shape index (κ2) is 8.14. The molecule has 3 N–H and O–H groups in total. The van der Waals surface area contributed by atoms with Crippen molar-refractivity contribution in [2.75, 3.05) is 23.4 Å². The molecule has 1 amide bonds. The van der Waals surface area contributed by atoms with Gasteiger partial charge in [0.25, 0.3) is 0 Å². The van der Waals surface area contributed by atoms with Crippen LogP contribution in [0.2, 0.25) is 0 Å². The molecule has 3 nitrogen and oxygen atoms in total. The van der Waals surface area contributed by atoms with Crippen LogP contribution in [-0.4, -0.2) is 24.0 Å². The standard InChI is InChI=1S/C13H20N2OS/c1-11(9-14)10-17-8-7-13(16)15-12-5-3-2-4-6-12/h2-6,11H,7-10,14H2,1H3,(H,15,16). The highest BCUT2D eigenvalue weighted by atomic mass is 32.2. The minimum atomic E-state index is 0.0732. The second-order valence-electron chi connectivity index (χ2n) is 4.08. The van der Waals surface area contributed by atoms with E-state index in [1.54, 1.807) is 11.8 Å². The van der Waals surface area contributed by atoms with E-state index in [0.717, 1.165) is 17.2 Å². The molecule has 0 bridgehead atoms. The van der Waals surface area contributed by atoms with Crippen molar-refractivity contribution in [3.63, 3.8) is 0 Å². The molecule has 0 aromatic heterocycles. The Kier molecular flexibility index (Phi) is 6.74. The minimum Gasteiger partial charge on any atom is -0.330 e. The number of hydrogen-bond acceptors (Lipinski definition) is 3. The van der Waals surface area contributed by atoms with Crippen molar-refractivity contribution in [2.45, 2.75) is 13.3 Å². The molecule has 17 heavy (non-hydrogen) atoms. The van der Waals surface area contributed by atoms with E-state index in [1.807, 2.05) is 30.3 Å². The number of carbonyl (C=O) groups is 1. The van der Waals surface area contributed by atoms with Crippen molar-refractivity contribution in [3.8, 4) is 0 Å². The number of benzene rings is 1. The summed E-state index contributed by atoms with van der Waals surface area (Å²) in [6.45, 7) is 2.83. The Morgan fingerprint density at radius 2 is 2.12 bits per heavy atom. The molecule has 0 heterocycles. The van der Waals surface area contributed by atoms with Crippen LogP contribution in [0, 0.1) is 5.92 Å². The topological polar surface area (TPSA) is 55.1 Å². The van der Waals surface area contributed by atoms with Crippen molar-refractivity contribution >= 4 is 23.4 Å². The zero-order valence-electron chi connectivity index (χ0n) is 10.2. The Hall–Kier alpha value is -1.00. The van der Waals surface area contributed by atoms with Crippen LogP contribution in [0.4, 0.5) is 5.69 Å². The maximum atomic E-state index is 11.6. The van der Waals surface area contributed by atoms with E-state index in [2.05, 4.69) is 12.2 Å². The largest absolute Gasteiger partial charge is 0.330 e. The van der Waals surface area contributed by atoms with Gasteiger partial charge in [-0.2, -0.15) is 11.8 Å². The van der Waals surface area contributed by atoms with Gasteiger partial charge >= 0.3 is 0 Å². The van der Waals surface area contributed by atoms with Crippen LogP contribution in [0.3, 0.4) is 0 Å². The Bertz CT molecular complexity index is 329. The van der Waals surface area contributed by atoms with Gasteiger partial charge in [-0.05, 0) is 30.3 Å². The van der Waals surface area contributed by atoms with Gasteiger partial charge in [0.2, 0.25) is 5.91 Å². The highest BCUT2D eigenvalue weighted by molar-refractivity contribution is 7.99. The summed E-state index contributed by atoms with van der Waals surface area (Å²) in [6, 6.07) is 9.53. The molecule has 94 valence electrons. The van der Waals surface area contributed by atoms with Crippen molar-refractivity contribution in [1.29, 1.82) is 0 Å². The average molecular weight is 252 g/mol. The van der Waals surface area contributed by atoms with E-state index >= 15 is 0 Å². The number of hydrogen-bond donors (Lipinski definition) is 2. The van der Waals surface area contributed by atoms with Gasteiger partial charge in [0.1, 0.15) is 0 Å². The molecule has 1 aromatic carbocycles. The molecular weight excluding hydrogens is 232 g/mol. The van der Waals surface area contributed by atoms with Crippen LogP contribution in [0.5, 0.6) is 0 Å². The smallest absolute Gasteiger partial charge is 0.225 e. The van der Waals surface area contributed by atoms with Gasteiger partial charge in [-0.25, -0.2) is 0 Å². The van der Waals surface area contributed by atoms with Crippen molar-refractivity contribution in [3.05, 3.63) is 30.3 Å². The predicted octanol–water partition coefficient (Wildman–Crippen LogP) is 2.34. The predicted molar refractivity (Wildman–Crippen MR) is 75.2 cm³/mol. The first-order valence-electron chi connectivity index (χ1n) is 5.85. The van der Waals surface area contributed by atoms with Gasteiger partial charge in [0.05, 0.1) is 0 Å². The molecule has 1 aromatic rings. The number of rotatable bonds is 7. The molecule has 0 fully saturated rings. The normalized spacial score (nSPS) is 12.1. The van der Waals surface area contributed by atoms with E-state index in [9.17, 15) is 4.79 Å². The summed E-state index contributed by atoms with van der Waals surface area (Å²) in [6.07, 6.45) is 0.552. The van der Waals surface area contributed by atoms with E-state index < -0.39 is 0 Å². The number of para-hydroxylation sites is 1. The van der Waals surface area contributed by atoms with Gasteiger partial charge < -0.3 is 11.1 Å². The van der Waals surface area contributed by atoms with Crippen LogP contribution >= 0.6 is 11.8 Å². The molecule has 1 atom stereocenters. The number of anilines is 1.